The summed E-state index contributed by atoms with van der Waals surface area (Å²) in [5.74, 6) is -0.126. The lowest BCUT2D eigenvalue weighted by molar-refractivity contribution is 0.102. The molecule has 100 valence electrons. The monoisotopic (exact) mass is 282 g/mol. The van der Waals surface area contributed by atoms with E-state index in [0.717, 1.165) is 10.2 Å². The summed E-state index contributed by atoms with van der Waals surface area (Å²) in [6.07, 6.45) is 0. The number of nitrogens with zero attached hydrogens (tertiary/aromatic N) is 1. The Labute approximate surface area is 121 Å². The molecular weight excluding hydrogens is 268 g/mol. The zero-order valence-corrected chi connectivity index (χ0v) is 12.1. The maximum absolute atomic E-state index is 12.1. The van der Waals surface area contributed by atoms with Crippen LogP contribution in [0, 0.1) is 13.8 Å². The molecule has 1 aromatic heterocycles. The molecule has 0 saturated heterocycles. The number of benzene rings is 2. The third kappa shape index (κ3) is 2.30. The Morgan fingerprint density at radius 1 is 1.10 bits per heavy atom. The number of hydrogen-bond donors (Lipinski definition) is 1. The molecule has 0 unspecified atom stereocenters. The lowest BCUT2D eigenvalue weighted by Gasteiger charge is -2.00. The summed E-state index contributed by atoms with van der Waals surface area (Å²) in [6, 6.07) is 13.3. The molecule has 4 heteroatoms. The largest absolute Gasteiger partial charge is 0.298 e. The smallest absolute Gasteiger partial charge is 0.257 e. The van der Waals surface area contributed by atoms with E-state index in [1.165, 1.54) is 22.5 Å². The third-order valence-corrected chi connectivity index (χ3v) is 4.28. The van der Waals surface area contributed by atoms with Gasteiger partial charge in [-0.3, -0.25) is 10.1 Å². The molecule has 0 fully saturated rings. The second kappa shape index (κ2) is 5.06. The van der Waals surface area contributed by atoms with E-state index < -0.39 is 0 Å². The van der Waals surface area contributed by atoms with Crippen LogP contribution in [0.2, 0.25) is 0 Å². The predicted molar refractivity (Wildman–Crippen MR) is 83.5 cm³/mol. The van der Waals surface area contributed by atoms with E-state index in [0.29, 0.717) is 10.7 Å². The Morgan fingerprint density at radius 2 is 1.85 bits per heavy atom. The van der Waals surface area contributed by atoms with Crippen molar-refractivity contribution in [1.29, 1.82) is 0 Å². The molecule has 0 aliphatic rings. The van der Waals surface area contributed by atoms with Gasteiger partial charge in [-0.1, -0.05) is 35.6 Å². The Bertz CT molecular complexity index is 778. The summed E-state index contributed by atoms with van der Waals surface area (Å²) in [7, 11) is 0. The number of aryl methyl sites for hydroxylation is 2. The molecule has 1 heterocycles. The normalized spacial score (nSPS) is 10.7. The van der Waals surface area contributed by atoms with Crippen LogP contribution < -0.4 is 5.32 Å². The second-order valence-corrected chi connectivity index (χ2v) is 5.72. The van der Waals surface area contributed by atoms with E-state index >= 15 is 0 Å². The van der Waals surface area contributed by atoms with Crippen molar-refractivity contribution >= 4 is 32.6 Å². The van der Waals surface area contributed by atoms with Crippen molar-refractivity contribution in [2.45, 2.75) is 13.8 Å². The number of anilines is 1. The average molecular weight is 282 g/mol. The number of nitrogens with one attached hydrogen (secondary N) is 1. The predicted octanol–water partition coefficient (Wildman–Crippen LogP) is 4.17. The van der Waals surface area contributed by atoms with Gasteiger partial charge in [-0.25, -0.2) is 4.98 Å². The maximum atomic E-state index is 12.1. The van der Waals surface area contributed by atoms with Gasteiger partial charge in [-0.2, -0.15) is 0 Å². The van der Waals surface area contributed by atoms with Crippen molar-refractivity contribution in [3.8, 4) is 0 Å². The highest BCUT2D eigenvalue weighted by atomic mass is 32.1. The van der Waals surface area contributed by atoms with Crippen molar-refractivity contribution in [2.75, 3.05) is 5.32 Å². The SMILES string of the molecule is Cc1ccc2sc(NC(=O)c3ccccc3)nc2c1C. The maximum Gasteiger partial charge on any atom is 0.257 e. The number of rotatable bonds is 2. The van der Waals surface area contributed by atoms with Gasteiger partial charge >= 0.3 is 0 Å². The summed E-state index contributed by atoms with van der Waals surface area (Å²) in [6.45, 7) is 4.12. The minimum Gasteiger partial charge on any atom is -0.298 e. The highest BCUT2D eigenvalue weighted by molar-refractivity contribution is 7.22. The van der Waals surface area contributed by atoms with Gasteiger partial charge in [0.15, 0.2) is 5.13 Å². The molecule has 3 nitrogen and oxygen atoms in total. The first-order valence-corrected chi connectivity index (χ1v) is 7.20. The Morgan fingerprint density at radius 3 is 2.60 bits per heavy atom. The van der Waals surface area contributed by atoms with E-state index in [2.05, 4.69) is 30.2 Å². The first-order valence-electron chi connectivity index (χ1n) is 6.38. The van der Waals surface area contributed by atoms with Crippen LogP contribution in [0.25, 0.3) is 10.2 Å². The topological polar surface area (TPSA) is 42.0 Å². The van der Waals surface area contributed by atoms with E-state index in [1.54, 1.807) is 12.1 Å². The van der Waals surface area contributed by atoms with Crippen molar-refractivity contribution in [1.82, 2.24) is 4.98 Å². The van der Waals surface area contributed by atoms with Crippen molar-refractivity contribution in [3.63, 3.8) is 0 Å². The van der Waals surface area contributed by atoms with Crippen LogP contribution in [0.4, 0.5) is 5.13 Å². The van der Waals surface area contributed by atoms with Crippen LogP contribution in [0.1, 0.15) is 21.5 Å². The van der Waals surface area contributed by atoms with Crippen molar-refractivity contribution in [2.24, 2.45) is 0 Å². The van der Waals surface area contributed by atoms with Gasteiger partial charge in [-0.15, -0.1) is 0 Å². The lowest BCUT2D eigenvalue weighted by atomic mass is 10.1. The molecular formula is C16H14N2OS. The molecule has 3 rings (SSSR count). The zero-order chi connectivity index (χ0) is 14.1. The summed E-state index contributed by atoms with van der Waals surface area (Å²) in [5.41, 5.74) is 3.99. The molecule has 0 saturated carbocycles. The minimum absolute atomic E-state index is 0.126. The number of thiazole rings is 1. The summed E-state index contributed by atoms with van der Waals surface area (Å²) in [4.78, 5) is 16.6. The molecule has 0 aliphatic carbocycles. The van der Waals surface area contributed by atoms with Crippen LogP contribution in [0.3, 0.4) is 0 Å². The fourth-order valence-corrected chi connectivity index (χ4v) is 2.96. The van der Waals surface area contributed by atoms with Gasteiger partial charge < -0.3 is 0 Å². The number of carbonyl (C=O) groups is 1. The van der Waals surface area contributed by atoms with Crippen molar-refractivity contribution < 1.29 is 4.79 Å². The van der Waals surface area contributed by atoms with Crippen molar-refractivity contribution in [3.05, 3.63) is 59.2 Å². The van der Waals surface area contributed by atoms with Gasteiger partial charge in [0.1, 0.15) is 0 Å². The molecule has 0 atom stereocenters. The molecule has 0 radical (unpaired) electrons. The zero-order valence-electron chi connectivity index (χ0n) is 11.3. The van der Waals surface area contributed by atoms with Gasteiger partial charge in [0.25, 0.3) is 5.91 Å². The summed E-state index contributed by atoms with van der Waals surface area (Å²) in [5, 5.41) is 3.50. The quantitative estimate of drug-likeness (QED) is 0.766. The first-order chi connectivity index (χ1) is 9.65. The molecule has 1 amide bonds. The number of carbonyl (C=O) groups excluding carboxylic acids is 1. The van der Waals surface area contributed by atoms with Gasteiger partial charge in [0, 0.05) is 5.56 Å². The van der Waals surface area contributed by atoms with Gasteiger partial charge in [-0.05, 0) is 43.2 Å². The molecule has 0 aliphatic heterocycles. The number of hydrogen-bond acceptors (Lipinski definition) is 3. The van der Waals surface area contributed by atoms with E-state index in [1.807, 2.05) is 24.3 Å². The fourth-order valence-electron chi connectivity index (χ4n) is 2.04. The minimum atomic E-state index is -0.126. The summed E-state index contributed by atoms with van der Waals surface area (Å²) < 4.78 is 1.09. The highest BCUT2D eigenvalue weighted by Crippen LogP contribution is 2.29. The standard InChI is InChI=1S/C16H14N2OS/c1-10-8-9-13-14(11(10)2)17-16(20-13)18-15(19)12-6-4-3-5-7-12/h3-9H,1-2H3,(H,17,18,19). The fraction of sp³-hybridized carbons (Fsp3) is 0.125. The highest BCUT2D eigenvalue weighted by Gasteiger charge is 2.11. The van der Waals surface area contributed by atoms with Crippen LogP contribution in [-0.4, -0.2) is 10.9 Å². The average Bonchev–Trinajstić information content (AvgIpc) is 2.87. The molecule has 0 spiro atoms. The molecule has 20 heavy (non-hydrogen) atoms. The van der Waals surface area contributed by atoms with Gasteiger partial charge in [0.2, 0.25) is 0 Å². The Balaban J connectivity index is 1.92. The first kappa shape index (κ1) is 12.8. The third-order valence-electron chi connectivity index (χ3n) is 3.34. The molecule has 1 N–H and O–H groups in total. The van der Waals surface area contributed by atoms with Gasteiger partial charge in [0.05, 0.1) is 10.2 Å². The summed E-state index contributed by atoms with van der Waals surface area (Å²) >= 11 is 1.50. The lowest BCUT2D eigenvalue weighted by Crippen LogP contribution is -2.11. The molecule has 0 bridgehead atoms. The number of fused-ring (bicyclic) bond motifs is 1. The van der Waals surface area contributed by atoms with Crippen LogP contribution in [0.15, 0.2) is 42.5 Å². The van der Waals surface area contributed by atoms with E-state index in [9.17, 15) is 4.79 Å². The Kier molecular flexibility index (Phi) is 3.24. The second-order valence-electron chi connectivity index (χ2n) is 4.69. The van der Waals surface area contributed by atoms with Crippen LogP contribution in [-0.2, 0) is 0 Å². The molecule has 2 aromatic carbocycles. The van der Waals surface area contributed by atoms with E-state index in [4.69, 9.17) is 0 Å². The van der Waals surface area contributed by atoms with E-state index in [-0.39, 0.29) is 5.91 Å². The van der Waals surface area contributed by atoms with Crippen LogP contribution in [0.5, 0.6) is 0 Å². The number of amides is 1. The van der Waals surface area contributed by atoms with Crippen LogP contribution >= 0.6 is 11.3 Å². The number of aromatic nitrogens is 1. The molecule has 3 aromatic rings. The Hall–Kier alpha value is -2.20.